The zero-order valence-electron chi connectivity index (χ0n) is 9.28. The molecule has 1 heterocycles. The highest BCUT2D eigenvalue weighted by Crippen LogP contribution is 2.19. The minimum absolute atomic E-state index is 0.252. The number of hydrogen-bond acceptors (Lipinski definition) is 2. The maximum absolute atomic E-state index is 13.7. The van der Waals surface area contributed by atoms with Crippen molar-refractivity contribution in [3.8, 4) is 0 Å². The molecule has 1 aromatic heterocycles. The highest BCUT2D eigenvalue weighted by atomic mass is 19.1. The minimum Gasteiger partial charge on any atom is -0.330 e. The van der Waals surface area contributed by atoms with E-state index >= 15 is 0 Å². The standard InChI is InChI=1S/C13H15FN2/c1-9(8-15)5-10-6-11-3-2-4-16-13(11)12(14)7-10/h2-4,6-7,9H,5,8,15H2,1H3. The first-order chi connectivity index (χ1) is 7.70. The Morgan fingerprint density at radius 3 is 3.00 bits per heavy atom. The Morgan fingerprint density at radius 1 is 1.44 bits per heavy atom. The summed E-state index contributed by atoms with van der Waals surface area (Å²) < 4.78 is 13.7. The van der Waals surface area contributed by atoms with E-state index in [0.717, 1.165) is 17.4 Å². The number of aromatic nitrogens is 1. The summed E-state index contributed by atoms with van der Waals surface area (Å²) in [4.78, 5) is 4.02. The van der Waals surface area contributed by atoms with Gasteiger partial charge in [0.2, 0.25) is 0 Å². The lowest BCUT2D eigenvalue weighted by Gasteiger charge is -2.09. The van der Waals surface area contributed by atoms with Gasteiger partial charge in [-0.1, -0.05) is 13.0 Å². The van der Waals surface area contributed by atoms with Crippen molar-refractivity contribution >= 4 is 10.9 Å². The summed E-state index contributed by atoms with van der Waals surface area (Å²) in [5.74, 6) is 0.117. The van der Waals surface area contributed by atoms with E-state index in [1.165, 1.54) is 0 Å². The second kappa shape index (κ2) is 4.58. The Kier molecular flexibility index (Phi) is 3.15. The van der Waals surface area contributed by atoms with E-state index in [4.69, 9.17) is 5.73 Å². The Hall–Kier alpha value is -1.48. The van der Waals surface area contributed by atoms with Crippen LogP contribution in [0.3, 0.4) is 0 Å². The van der Waals surface area contributed by atoms with Crippen molar-refractivity contribution in [2.75, 3.05) is 6.54 Å². The average Bonchev–Trinajstić information content (AvgIpc) is 2.29. The summed E-state index contributed by atoms with van der Waals surface area (Å²) in [5, 5.41) is 0.849. The van der Waals surface area contributed by atoms with Crippen LogP contribution in [0.25, 0.3) is 10.9 Å². The molecule has 0 saturated carbocycles. The average molecular weight is 218 g/mol. The third-order valence-electron chi connectivity index (χ3n) is 2.70. The van der Waals surface area contributed by atoms with Crippen molar-refractivity contribution in [3.63, 3.8) is 0 Å². The lowest BCUT2D eigenvalue weighted by molar-refractivity contribution is 0.586. The highest BCUT2D eigenvalue weighted by Gasteiger charge is 2.07. The van der Waals surface area contributed by atoms with Gasteiger partial charge in [0.25, 0.3) is 0 Å². The molecule has 2 nitrogen and oxygen atoms in total. The molecule has 0 aliphatic rings. The largest absolute Gasteiger partial charge is 0.330 e. The molecule has 3 heteroatoms. The zero-order chi connectivity index (χ0) is 11.5. The minimum atomic E-state index is -0.252. The maximum Gasteiger partial charge on any atom is 0.149 e. The molecule has 1 unspecified atom stereocenters. The molecule has 2 aromatic rings. The summed E-state index contributed by atoms with van der Waals surface area (Å²) in [7, 11) is 0. The zero-order valence-corrected chi connectivity index (χ0v) is 9.28. The van der Waals surface area contributed by atoms with Crippen LogP contribution in [0.2, 0.25) is 0 Å². The second-order valence-corrected chi connectivity index (χ2v) is 4.20. The molecular weight excluding hydrogens is 203 g/mol. The molecule has 1 aromatic carbocycles. The Balaban J connectivity index is 2.41. The van der Waals surface area contributed by atoms with Gasteiger partial charge in [-0.2, -0.15) is 0 Å². The van der Waals surface area contributed by atoms with E-state index in [1.54, 1.807) is 12.3 Å². The number of halogens is 1. The molecule has 16 heavy (non-hydrogen) atoms. The molecule has 2 rings (SSSR count). The van der Waals surface area contributed by atoms with Crippen LogP contribution in [0, 0.1) is 11.7 Å². The van der Waals surface area contributed by atoms with Gasteiger partial charge in [0.15, 0.2) is 0 Å². The van der Waals surface area contributed by atoms with Crippen molar-refractivity contribution in [1.82, 2.24) is 4.98 Å². The third kappa shape index (κ3) is 2.19. The van der Waals surface area contributed by atoms with E-state index in [2.05, 4.69) is 11.9 Å². The molecule has 0 saturated heterocycles. The molecule has 0 spiro atoms. The maximum atomic E-state index is 13.7. The van der Waals surface area contributed by atoms with Gasteiger partial charge < -0.3 is 5.73 Å². The predicted octanol–water partition coefficient (Wildman–Crippen LogP) is 2.51. The molecule has 84 valence electrons. The molecule has 0 aliphatic heterocycles. The fourth-order valence-electron chi connectivity index (χ4n) is 1.81. The Labute approximate surface area is 94.3 Å². The number of nitrogens with two attached hydrogens (primary N) is 1. The van der Waals surface area contributed by atoms with E-state index in [1.807, 2.05) is 18.2 Å². The number of hydrogen-bond donors (Lipinski definition) is 1. The van der Waals surface area contributed by atoms with Gasteiger partial charge in [0.05, 0.1) is 0 Å². The fourth-order valence-corrected chi connectivity index (χ4v) is 1.81. The second-order valence-electron chi connectivity index (χ2n) is 4.20. The molecule has 1 atom stereocenters. The van der Waals surface area contributed by atoms with Gasteiger partial charge in [-0.05, 0) is 42.6 Å². The predicted molar refractivity (Wildman–Crippen MR) is 63.6 cm³/mol. The fraction of sp³-hybridized carbons (Fsp3) is 0.308. The van der Waals surface area contributed by atoms with E-state index in [9.17, 15) is 4.39 Å². The molecule has 0 fully saturated rings. The van der Waals surface area contributed by atoms with Crippen LogP contribution in [-0.2, 0) is 6.42 Å². The van der Waals surface area contributed by atoms with Crippen LogP contribution in [0.1, 0.15) is 12.5 Å². The molecule has 0 aliphatic carbocycles. The van der Waals surface area contributed by atoms with E-state index in [-0.39, 0.29) is 5.82 Å². The third-order valence-corrected chi connectivity index (χ3v) is 2.70. The van der Waals surface area contributed by atoms with Gasteiger partial charge in [0.1, 0.15) is 11.3 Å². The Morgan fingerprint density at radius 2 is 2.25 bits per heavy atom. The lowest BCUT2D eigenvalue weighted by Crippen LogP contribution is -2.13. The number of rotatable bonds is 3. The van der Waals surface area contributed by atoms with Crippen molar-refractivity contribution in [3.05, 3.63) is 41.8 Å². The van der Waals surface area contributed by atoms with Crippen LogP contribution < -0.4 is 5.73 Å². The van der Waals surface area contributed by atoms with E-state index in [0.29, 0.717) is 18.0 Å². The smallest absolute Gasteiger partial charge is 0.149 e. The van der Waals surface area contributed by atoms with Crippen molar-refractivity contribution in [2.45, 2.75) is 13.3 Å². The van der Waals surface area contributed by atoms with Crippen LogP contribution in [0.5, 0.6) is 0 Å². The molecular formula is C13H15FN2. The number of fused-ring (bicyclic) bond motifs is 1. The number of benzene rings is 1. The Bertz CT molecular complexity index is 496. The summed E-state index contributed by atoms with van der Waals surface area (Å²) in [5.41, 5.74) is 6.98. The monoisotopic (exact) mass is 218 g/mol. The van der Waals surface area contributed by atoms with Crippen molar-refractivity contribution in [1.29, 1.82) is 0 Å². The highest BCUT2D eigenvalue weighted by molar-refractivity contribution is 5.79. The summed E-state index contributed by atoms with van der Waals surface area (Å²) in [6, 6.07) is 7.24. The summed E-state index contributed by atoms with van der Waals surface area (Å²) in [6.07, 6.45) is 2.41. The quantitative estimate of drug-likeness (QED) is 0.859. The number of nitrogens with zero attached hydrogens (tertiary/aromatic N) is 1. The van der Waals surface area contributed by atoms with E-state index < -0.39 is 0 Å². The van der Waals surface area contributed by atoms with Crippen LogP contribution >= 0.6 is 0 Å². The molecule has 0 amide bonds. The van der Waals surface area contributed by atoms with Gasteiger partial charge >= 0.3 is 0 Å². The van der Waals surface area contributed by atoms with Crippen LogP contribution in [0.4, 0.5) is 4.39 Å². The first-order valence-electron chi connectivity index (χ1n) is 5.44. The first kappa shape index (κ1) is 11.0. The van der Waals surface area contributed by atoms with Crippen molar-refractivity contribution < 1.29 is 4.39 Å². The number of pyridine rings is 1. The van der Waals surface area contributed by atoms with Crippen molar-refractivity contribution in [2.24, 2.45) is 11.7 Å². The van der Waals surface area contributed by atoms with Crippen LogP contribution in [-0.4, -0.2) is 11.5 Å². The van der Waals surface area contributed by atoms with Gasteiger partial charge in [-0.25, -0.2) is 4.39 Å². The SMILES string of the molecule is CC(CN)Cc1cc(F)c2ncccc2c1. The van der Waals surface area contributed by atoms with Gasteiger partial charge in [0, 0.05) is 11.6 Å². The normalized spacial score (nSPS) is 12.9. The lowest BCUT2D eigenvalue weighted by atomic mass is 9.99. The van der Waals surface area contributed by atoms with Gasteiger partial charge in [-0.15, -0.1) is 0 Å². The summed E-state index contributed by atoms with van der Waals surface area (Å²) in [6.45, 7) is 2.68. The molecule has 2 N–H and O–H groups in total. The van der Waals surface area contributed by atoms with Gasteiger partial charge in [-0.3, -0.25) is 4.98 Å². The van der Waals surface area contributed by atoms with Crippen LogP contribution in [0.15, 0.2) is 30.5 Å². The molecule has 0 bridgehead atoms. The topological polar surface area (TPSA) is 38.9 Å². The molecule has 0 radical (unpaired) electrons. The summed E-state index contributed by atoms with van der Waals surface area (Å²) >= 11 is 0. The first-order valence-corrected chi connectivity index (χ1v) is 5.44.